The minimum atomic E-state index is -0.923. The van der Waals surface area contributed by atoms with Crippen molar-refractivity contribution in [2.75, 3.05) is 19.0 Å². The van der Waals surface area contributed by atoms with Gasteiger partial charge >= 0.3 is 5.97 Å². The van der Waals surface area contributed by atoms with E-state index in [-0.39, 0.29) is 6.54 Å². The molecule has 0 aromatic heterocycles. The van der Waals surface area contributed by atoms with Crippen molar-refractivity contribution in [3.63, 3.8) is 0 Å². The van der Waals surface area contributed by atoms with Crippen LogP contribution >= 0.6 is 0 Å². The number of rotatable bonds is 5. The van der Waals surface area contributed by atoms with Crippen molar-refractivity contribution in [1.82, 2.24) is 0 Å². The van der Waals surface area contributed by atoms with Crippen LogP contribution in [0, 0.1) is 16.7 Å². The molecule has 1 aromatic carbocycles. The molecule has 5 nitrogen and oxygen atoms in total. The van der Waals surface area contributed by atoms with Gasteiger partial charge in [0.2, 0.25) is 0 Å². The zero-order valence-corrected chi connectivity index (χ0v) is 10.7. The number of nitriles is 1. The van der Waals surface area contributed by atoms with E-state index in [9.17, 15) is 4.79 Å². The molecule has 0 saturated heterocycles. The summed E-state index contributed by atoms with van der Waals surface area (Å²) in [5.41, 5.74) is 0.0282. The number of carboxylic acids is 1. The number of anilines is 1. The minimum absolute atomic E-state index is 0.206. The van der Waals surface area contributed by atoms with Crippen molar-refractivity contribution in [2.45, 2.75) is 13.8 Å². The molecule has 5 heteroatoms. The van der Waals surface area contributed by atoms with Crippen molar-refractivity contribution in [3.05, 3.63) is 23.8 Å². The summed E-state index contributed by atoms with van der Waals surface area (Å²) in [6, 6.07) is 7.13. The van der Waals surface area contributed by atoms with Gasteiger partial charge in [-0.05, 0) is 26.0 Å². The first kappa shape index (κ1) is 13.8. The summed E-state index contributed by atoms with van der Waals surface area (Å²) in [5, 5.41) is 21.0. The van der Waals surface area contributed by atoms with Gasteiger partial charge in [-0.2, -0.15) is 5.26 Å². The van der Waals surface area contributed by atoms with E-state index in [0.717, 1.165) is 0 Å². The Hall–Kier alpha value is -2.22. The summed E-state index contributed by atoms with van der Waals surface area (Å²) in [7, 11) is 1.50. The lowest BCUT2D eigenvalue weighted by molar-refractivity contribution is -0.146. The van der Waals surface area contributed by atoms with E-state index < -0.39 is 11.4 Å². The highest BCUT2D eigenvalue weighted by Gasteiger charge is 2.27. The summed E-state index contributed by atoms with van der Waals surface area (Å²) >= 11 is 0. The number of nitrogens with one attached hydrogen (secondary N) is 1. The number of benzene rings is 1. The second kappa shape index (κ2) is 5.41. The van der Waals surface area contributed by atoms with E-state index in [1.807, 2.05) is 6.07 Å². The Balaban J connectivity index is 2.98. The zero-order valence-electron chi connectivity index (χ0n) is 10.7. The summed E-state index contributed by atoms with van der Waals surface area (Å²) in [6.07, 6.45) is 0. The highest BCUT2D eigenvalue weighted by molar-refractivity contribution is 5.75. The summed E-state index contributed by atoms with van der Waals surface area (Å²) < 4.78 is 5.15. The highest BCUT2D eigenvalue weighted by Crippen LogP contribution is 2.29. The number of hydrogen-bond donors (Lipinski definition) is 2. The molecule has 1 aromatic rings. The molecule has 18 heavy (non-hydrogen) atoms. The fraction of sp³-hybridized carbons (Fsp3) is 0.385. The van der Waals surface area contributed by atoms with Crippen LogP contribution in [0.2, 0.25) is 0 Å². The van der Waals surface area contributed by atoms with Crippen LogP contribution in [0.1, 0.15) is 19.4 Å². The number of methoxy groups -OCH3 is 1. The molecule has 0 aliphatic carbocycles. The Bertz CT molecular complexity index is 489. The molecule has 0 fully saturated rings. The van der Waals surface area contributed by atoms with Gasteiger partial charge in [-0.15, -0.1) is 0 Å². The molecule has 2 N–H and O–H groups in total. The molecule has 0 heterocycles. The van der Waals surface area contributed by atoms with Gasteiger partial charge in [0.15, 0.2) is 0 Å². The topological polar surface area (TPSA) is 82.3 Å². The lowest BCUT2D eigenvalue weighted by Crippen LogP contribution is -2.32. The maximum absolute atomic E-state index is 11.0. The van der Waals surface area contributed by atoms with E-state index >= 15 is 0 Å². The van der Waals surface area contributed by atoms with Gasteiger partial charge in [0.05, 0.1) is 23.8 Å². The Kier molecular flexibility index (Phi) is 4.16. The maximum atomic E-state index is 11.0. The molecule has 0 unspecified atom stereocenters. The fourth-order valence-electron chi connectivity index (χ4n) is 1.36. The van der Waals surface area contributed by atoms with Crippen LogP contribution in [0.3, 0.4) is 0 Å². The predicted molar refractivity (Wildman–Crippen MR) is 67.6 cm³/mol. The van der Waals surface area contributed by atoms with Gasteiger partial charge < -0.3 is 15.2 Å². The van der Waals surface area contributed by atoms with Crippen molar-refractivity contribution < 1.29 is 14.6 Å². The van der Waals surface area contributed by atoms with E-state index in [1.165, 1.54) is 7.11 Å². The van der Waals surface area contributed by atoms with E-state index in [0.29, 0.717) is 17.0 Å². The molecule has 1 rings (SSSR count). The molecule has 0 aliphatic heterocycles. The Morgan fingerprint density at radius 3 is 2.72 bits per heavy atom. The average Bonchev–Trinajstić information content (AvgIpc) is 2.35. The molecule has 0 amide bonds. The third-order valence-electron chi connectivity index (χ3n) is 2.65. The first-order valence-electron chi connectivity index (χ1n) is 5.46. The van der Waals surface area contributed by atoms with Crippen molar-refractivity contribution in [3.8, 4) is 11.8 Å². The predicted octanol–water partition coefficient (Wildman–Crippen LogP) is 2.09. The highest BCUT2D eigenvalue weighted by atomic mass is 16.5. The van der Waals surface area contributed by atoms with Gasteiger partial charge in [-0.25, -0.2) is 0 Å². The quantitative estimate of drug-likeness (QED) is 0.833. The van der Waals surface area contributed by atoms with Crippen LogP contribution in [0.25, 0.3) is 0 Å². The van der Waals surface area contributed by atoms with Crippen LogP contribution in [0.5, 0.6) is 5.75 Å². The lowest BCUT2D eigenvalue weighted by Gasteiger charge is -2.21. The average molecular weight is 248 g/mol. The van der Waals surface area contributed by atoms with Crippen molar-refractivity contribution >= 4 is 11.7 Å². The molecule has 0 spiro atoms. The molecular formula is C13H16N2O3. The molecule has 0 bridgehead atoms. The molecule has 96 valence electrons. The summed E-state index contributed by atoms with van der Waals surface area (Å²) in [5.74, 6) is -0.376. The Labute approximate surface area is 106 Å². The maximum Gasteiger partial charge on any atom is 0.310 e. The largest absolute Gasteiger partial charge is 0.495 e. The normalized spacial score (nSPS) is 10.6. The van der Waals surface area contributed by atoms with Crippen LogP contribution in [0.15, 0.2) is 18.2 Å². The summed E-state index contributed by atoms with van der Waals surface area (Å²) in [4.78, 5) is 11.0. The van der Waals surface area contributed by atoms with Crippen LogP contribution in [-0.2, 0) is 4.79 Å². The lowest BCUT2D eigenvalue weighted by atomic mass is 9.93. The fourth-order valence-corrected chi connectivity index (χ4v) is 1.36. The number of para-hydroxylation sites is 1. The van der Waals surface area contributed by atoms with Gasteiger partial charge in [0, 0.05) is 6.54 Å². The Morgan fingerprint density at radius 1 is 1.56 bits per heavy atom. The first-order valence-corrected chi connectivity index (χ1v) is 5.46. The molecule has 0 atom stereocenters. The number of hydrogen-bond acceptors (Lipinski definition) is 4. The van der Waals surface area contributed by atoms with Crippen LogP contribution < -0.4 is 10.1 Å². The van der Waals surface area contributed by atoms with Gasteiger partial charge in [0.1, 0.15) is 11.8 Å². The van der Waals surface area contributed by atoms with Crippen LogP contribution in [0.4, 0.5) is 5.69 Å². The second-order valence-electron chi connectivity index (χ2n) is 4.54. The SMILES string of the molecule is COc1cccc(C#N)c1NCC(C)(C)C(=O)O. The number of aliphatic carboxylic acids is 1. The monoisotopic (exact) mass is 248 g/mol. The molecule has 0 aliphatic rings. The van der Waals surface area contributed by atoms with Gasteiger partial charge in [-0.3, -0.25) is 4.79 Å². The van der Waals surface area contributed by atoms with Gasteiger partial charge in [-0.1, -0.05) is 6.07 Å². The van der Waals surface area contributed by atoms with Crippen molar-refractivity contribution in [2.24, 2.45) is 5.41 Å². The van der Waals surface area contributed by atoms with Gasteiger partial charge in [0.25, 0.3) is 0 Å². The minimum Gasteiger partial charge on any atom is -0.495 e. The third kappa shape index (κ3) is 2.92. The van der Waals surface area contributed by atoms with E-state index in [2.05, 4.69) is 5.32 Å². The smallest absolute Gasteiger partial charge is 0.310 e. The molecule has 0 radical (unpaired) electrons. The number of carbonyl (C=O) groups is 1. The standard InChI is InChI=1S/C13H16N2O3/c1-13(2,12(16)17)8-15-11-9(7-14)5-4-6-10(11)18-3/h4-6,15H,8H2,1-3H3,(H,16,17). The Morgan fingerprint density at radius 2 is 2.22 bits per heavy atom. The van der Waals surface area contributed by atoms with Crippen molar-refractivity contribution in [1.29, 1.82) is 5.26 Å². The second-order valence-corrected chi connectivity index (χ2v) is 4.54. The number of carboxylic acid groups (broad SMARTS) is 1. The van der Waals surface area contributed by atoms with Crippen LogP contribution in [-0.4, -0.2) is 24.7 Å². The number of nitrogens with zero attached hydrogens (tertiary/aromatic N) is 1. The molecule has 0 saturated carbocycles. The summed E-state index contributed by atoms with van der Waals surface area (Å²) in [6.45, 7) is 3.44. The third-order valence-corrected chi connectivity index (χ3v) is 2.65. The van der Waals surface area contributed by atoms with E-state index in [4.69, 9.17) is 15.1 Å². The van der Waals surface area contributed by atoms with E-state index in [1.54, 1.807) is 32.0 Å². The first-order chi connectivity index (χ1) is 8.42. The zero-order chi connectivity index (χ0) is 13.8. The number of ether oxygens (including phenoxy) is 1. The molecular weight excluding hydrogens is 232 g/mol.